The van der Waals surface area contributed by atoms with E-state index >= 15 is 0 Å². The first-order chi connectivity index (χ1) is 15.3. The highest BCUT2D eigenvalue weighted by Gasteiger charge is 2.17. The highest BCUT2D eigenvalue weighted by molar-refractivity contribution is 5.77. The van der Waals surface area contributed by atoms with Gasteiger partial charge in [-0.3, -0.25) is 9.59 Å². The second-order valence-corrected chi connectivity index (χ2v) is 9.56. The smallest absolute Gasteiger partial charge is 0.306 e. The van der Waals surface area contributed by atoms with Crippen molar-refractivity contribution in [3.63, 3.8) is 0 Å². The van der Waals surface area contributed by atoms with Crippen molar-refractivity contribution in [3.05, 3.63) is 0 Å². The fourth-order valence-corrected chi connectivity index (χ4v) is 3.35. The van der Waals surface area contributed by atoms with E-state index in [9.17, 15) is 9.59 Å². The second-order valence-electron chi connectivity index (χ2n) is 9.56. The predicted molar refractivity (Wildman–Crippen MR) is 131 cm³/mol. The molecule has 0 rings (SSSR count). The van der Waals surface area contributed by atoms with E-state index in [0.29, 0.717) is 13.2 Å². The fraction of sp³-hybridized carbons (Fsp3) is 0.923. The highest BCUT2D eigenvalue weighted by atomic mass is 16.6. The van der Waals surface area contributed by atoms with E-state index in [4.69, 9.17) is 14.2 Å². The molecule has 0 unspecified atom stereocenters. The lowest BCUT2D eigenvalue weighted by molar-refractivity contribution is -0.158. The minimum absolute atomic E-state index is 0.0372. The van der Waals surface area contributed by atoms with Crippen LogP contribution in [0.25, 0.3) is 0 Å². The van der Waals surface area contributed by atoms with Crippen molar-refractivity contribution >= 4 is 11.9 Å². The summed E-state index contributed by atoms with van der Waals surface area (Å²) in [5.41, 5.74) is -0.532. The van der Waals surface area contributed by atoms with Gasteiger partial charge in [0.25, 0.3) is 0 Å². The average Bonchev–Trinajstić information content (AvgIpc) is 2.72. The van der Waals surface area contributed by atoms with Gasteiger partial charge in [-0.1, -0.05) is 77.6 Å². The zero-order chi connectivity index (χ0) is 23.9. The summed E-state index contributed by atoms with van der Waals surface area (Å²) in [6.45, 7) is 10.7. The minimum atomic E-state index is -0.532. The van der Waals surface area contributed by atoms with Crippen molar-refractivity contribution in [1.82, 2.24) is 5.32 Å². The van der Waals surface area contributed by atoms with Gasteiger partial charge in [0.05, 0.1) is 26.1 Å². The maximum absolute atomic E-state index is 11.6. The normalized spacial score (nSPS) is 11.5. The Kier molecular flexibility index (Phi) is 20.9. The van der Waals surface area contributed by atoms with Gasteiger partial charge in [-0.15, -0.1) is 0 Å². The molecule has 0 aliphatic heterocycles. The van der Waals surface area contributed by atoms with E-state index in [2.05, 4.69) is 12.2 Å². The fourth-order valence-electron chi connectivity index (χ4n) is 3.35. The lowest BCUT2D eigenvalue weighted by Gasteiger charge is -2.19. The molecule has 0 aromatic rings. The van der Waals surface area contributed by atoms with Crippen molar-refractivity contribution < 1.29 is 23.8 Å². The topological polar surface area (TPSA) is 73.9 Å². The molecule has 0 saturated heterocycles. The van der Waals surface area contributed by atoms with Crippen LogP contribution in [0.1, 0.15) is 118 Å². The summed E-state index contributed by atoms with van der Waals surface area (Å²) in [6, 6.07) is 0. The minimum Gasteiger partial charge on any atom is -0.463 e. The Bertz CT molecular complexity index is 448. The highest BCUT2D eigenvalue weighted by Crippen LogP contribution is 2.12. The molecule has 1 N–H and O–H groups in total. The number of esters is 2. The van der Waals surface area contributed by atoms with Gasteiger partial charge in [0.15, 0.2) is 0 Å². The largest absolute Gasteiger partial charge is 0.463 e. The van der Waals surface area contributed by atoms with Gasteiger partial charge in [-0.25, -0.2) is 0 Å². The number of hydrogen-bond donors (Lipinski definition) is 1. The second kappa shape index (κ2) is 21.7. The molecule has 190 valence electrons. The van der Waals surface area contributed by atoms with Crippen LogP contribution in [-0.4, -0.2) is 50.4 Å². The summed E-state index contributed by atoms with van der Waals surface area (Å²) in [4.78, 5) is 23.1. The van der Waals surface area contributed by atoms with E-state index < -0.39 is 11.6 Å². The standard InChI is InChI=1S/C26H51NO5/c1-5-6-7-8-9-10-11-12-13-14-15-16-19-27-20-21-30-22-23-31-24(28)17-18-25(29)32-26(2,3)4/h27H,5-23H2,1-4H3. The van der Waals surface area contributed by atoms with Gasteiger partial charge >= 0.3 is 11.9 Å². The van der Waals surface area contributed by atoms with E-state index in [0.717, 1.165) is 13.1 Å². The van der Waals surface area contributed by atoms with Crippen LogP contribution in [0.2, 0.25) is 0 Å². The molecule has 0 bridgehead atoms. The number of rotatable bonds is 22. The Morgan fingerprint density at radius 2 is 1.19 bits per heavy atom. The molecule has 0 amide bonds. The molecule has 0 saturated carbocycles. The summed E-state index contributed by atoms with van der Waals surface area (Å²) < 4.78 is 15.7. The number of carbonyl (C=O) groups excluding carboxylic acids is 2. The zero-order valence-corrected chi connectivity index (χ0v) is 21.5. The molecule has 0 fully saturated rings. The Morgan fingerprint density at radius 3 is 1.75 bits per heavy atom. The molecule has 0 spiro atoms. The Labute approximate surface area is 197 Å². The zero-order valence-electron chi connectivity index (χ0n) is 21.5. The summed E-state index contributed by atoms with van der Waals surface area (Å²) in [6.07, 6.45) is 16.5. The molecule has 32 heavy (non-hydrogen) atoms. The quantitative estimate of drug-likeness (QED) is 0.160. The first-order valence-electron chi connectivity index (χ1n) is 13.0. The van der Waals surface area contributed by atoms with E-state index in [1.54, 1.807) is 20.8 Å². The first kappa shape index (κ1) is 30.9. The van der Waals surface area contributed by atoms with Gasteiger partial charge in [-0.05, 0) is 33.7 Å². The lowest BCUT2D eigenvalue weighted by atomic mass is 10.1. The molecule has 0 aromatic heterocycles. The van der Waals surface area contributed by atoms with Gasteiger partial charge in [-0.2, -0.15) is 0 Å². The molecular formula is C26H51NO5. The van der Waals surface area contributed by atoms with Crippen molar-refractivity contribution in [2.45, 2.75) is 123 Å². The van der Waals surface area contributed by atoms with Crippen LogP contribution in [0.3, 0.4) is 0 Å². The Balaban J connectivity index is 3.23. The molecule has 0 aliphatic rings. The summed E-state index contributed by atoms with van der Waals surface area (Å²) >= 11 is 0. The molecule has 0 radical (unpaired) electrons. The molecule has 0 heterocycles. The molecule has 0 atom stereocenters. The third-order valence-electron chi connectivity index (χ3n) is 5.07. The average molecular weight is 458 g/mol. The third-order valence-corrected chi connectivity index (χ3v) is 5.07. The van der Waals surface area contributed by atoms with Crippen molar-refractivity contribution in [1.29, 1.82) is 0 Å². The van der Waals surface area contributed by atoms with Gasteiger partial charge < -0.3 is 19.5 Å². The number of nitrogens with one attached hydrogen (secondary N) is 1. The lowest BCUT2D eigenvalue weighted by Crippen LogP contribution is -2.24. The van der Waals surface area contributed by atoms with Crippen LogP contribution in [0.5, 0.6) is 0 Å². The van der Waals surface area contributed by atoms with Crippen LogP contribution in [-0.2, 0) is 23.8 Å². The van der Waals surface area contributed by atoms with Crippen molar-refractivity contribution in [2.75, 3.05) is 32.9 Å². The number of ether oxygens (including phenoxy) is 3. The maximum atomic E-state index is 11.6. The van der Waals surface area contributed by atoms with Crippen LogP contribution < -0.4 is 5.32 Å². The molecule has 0 aromatic carbocycles. The molecule has 6 heteroatoms. The molecule has 0 aliphatic carbocycles. The Hall–Kier alpha value is -1.14. The van der Waals surface area contributed by atoms with E-state index in [-0.39, 0.29) is 25.4 Å². The monoisotopic (exact) mass is 457 g/mol. The van der Waals surface area contributed by atoms with Gasteiger partial charge in [0.2, 0.25) is 0 Å². The van der Waals surface area contributed by atoms with Crippen molar-refractivity contribution in [2.24, 2.45) is 0 Å². The van der Waals surface area contributed by atoms with E-state index in [1.807, 2.05) is 0 Å². The van der Waals surface area contributed by atoms with Crippen LogP contribution >= 0.6 is 0 Å². The van der Waals surface area contributed by atoms with Crippen molar-refractivity contribution in [3.8, 4) is 0 Å². The first-order valence-corrected chi connectivity index (χ1v) is 13.0. The third kappa shape index (κ3) is 25.1. The van der Waals surface area contributed by atoms with Crippen LogP contribution in [0, 0.1) is 0 Å². The molecular weight excluding hydrogens is 406 g/mol. The molecule has 6 nitrogen and oxygen atoms in total. The SMILES string of the molecule is CCCCCCCCCCCCCCNCCOCCOC(=O)CCC(=O)OC(C)(C)C. The summed E-state index contributed by atoms with van der Waals surface area (Å²) in [7, 11) is 0. The maximum Gasteiger partial charge on any atom is 0.306 e. The number of hydrogen-bond acceptors (Lipinski definition) is 6. The van der Waals surface area contributed by atoms with Gasteiger partial charge in [0, 0.05) is 6.54 Å². The predicted octanol–water partition coefficient (Wildman–Crippen LogP) is 5.96. The van der Waals surface area contributed by atoms with E-state index in [1.165, 1.54) is 77.0 Å². The van der Waals surface area contributed by atoms with Gasteiger partial charge in [0.1, 0.15) is 12.2 Å². The number of unbranched alkanes of at least 4 members (excludes halogenated alkanes) is 11. The Morgan fingerprint density at radius 1 is 0.656 bits per heavy atom. The van der Waals surface area contributed by atoms with Crippen LogP contribution in [0.15, 0.2) is 0 Å². The number of carbonyl (C=O) groups is 2. The van der Waals surface area contributed by atoms with Crippen LogP contribution in [0.4, 0.5) is 0 Å². The summed E-state index contributed by atoms with van der Waals surface area (Å²) in [5.74, 6) is -0.783. The summed E-state index contributed by atoms with van der Waals surface area (Å²) in [5, 5.41) is 3.39.